The minimum absolute atomic E-state index is 0.126. The van der Waals surface area contributed by atoms with E-state index in [1.807, 2.05) is 61.5 Å². The van der Waals surface area contributed by atoms with Gasteiger partial charge in [-0.3, -0.25) is 9.59 Å². The average molecular weight is 444 g/mol. The molecule has 1 amide bonds. The van der Waals surface area contributed by atoms with E-state index in [4.69, 9.17) is 4.74 Å². The second-order valence-corrected chi connectivity index (χ2v) is 9.27. The summed E-state index contributed by atoms with van der Waals surface area (Å²) in [5.74, 6) is 0.458. The summed E-state index contributed by atoms with van der Waals surface area (Å²) < 4.78 is 6.50. The highest BCUT2D eigenvalue weighted by atomic mass is 16.5. The SMILES string of the molecule is Cc1[nH]c(=O)c(C(=O)NC2CC3(CCN(C)CC3)Oc3ccccc32)cc1-c1ccccc1. The molecule has 170 valence electrons. The van der Waals surface area contributed by atoms with Crippen molar-refractivity contribution in [1.82, 2.24) is 15.2 Å². The van der Waals surface area contributed by atoms with Gasteiger partial charge in [0.15, 0.2) is 0 Å². The standard InChI is InChI=1S/C27H29N3O3/c1-18-21(19-8-4-3-5-9-19)16-22(25(31)28-18)26(32)29-23-17-27(12-14-30(2)15-13-27)33-24-11-7-6-10-20(23)24/h3-11,16,23H,12-15,17H2,1-2H3,(H,28,31)(H,29,32). The molecule has 3 heterocycles. The molecule has 2 N–H and O–H groups in total. The number of aryl methyl sites for hydroxylation is 1. The number of nitrogens with one attached hydrogen (secondary N) is 2. The van der Waals surface area contributed by atoms with Gasteiger partial charge in [0.05, 0.1) is 6.04 Å². The second kappa shape index (κ2) is 8.52. The van der Waals surface area contributed by atoms with Crippen LogP contribution in [-0.4, -0.2) is 41.5 Å². The van der Waals surface area contributed by atoms with Crippen LogP contribution in [0.25, 0.3) is 11.1 Å². The number of piperidine rings is 1. The largest absolute Gasteiger partial charge is 0.487 e. The van der Waals surface area contributed by atoms with Gasteiger partial charge in [0, 0.05) is 36.3 Å². The summed E-state index contributed by atoms with van der Waals surface area (Å²) in [6.07, 6.45) is 2.51. The first kappa shape index (κ1) is 21.5. The Kier molecular flexibility index (Phi) is 5.54. The minimum Gasteiger partial charge on any atom is -0.487 e. The first-order valence-electron chi connectivity index (χ1n) is 11.5. The molecule has 1 unspecified atom stereocenters. The summed E-state index contributed by atoms with van der Waals surface area (Å²) >= 11 is 0. The number of aromatic nitrogens is 1. The van der Waals surface area contributed by atoms with E-state index in [-0.39, 0.29) is 28.7 Å². The third-order valence-electron chi connectivity index (χ3n) is 6.97. The molecule has 33 heavy (non-hydrogen) atoms. The maximum Gasteiger partial charge on any atom is 0.261 e. The van der Waals surface area contributed by atoms with E-state index >= 15 is 0 Å². The van der Waals surface area contributed by atoms with Crippen LogP contribution in [0.15, 0.2) is 65.5 Å². The van der Waals surface area contributed by atoms with Crippen molar-refractivity contribution in [2.75, 3.05) is 20.1 Å². The highest BCUT2D eigenvalue weighted by molar-refractivity contribution is 5.95. The third-order valence-corrected chi connectivity index (χ3v) is 6.97. The zero-order valence-corrected chi connectivity index (χ0v) is 19.1. The number of ether oxygens (including phenoxy) is 1. The van der Waals surface area contributed by atoms with Gasteiger partial charge in [0.2, 0.25) is 0 Å². The molecule has 5 rings (SSSR count). The van der Waals surface area contributed by atoms with Crippen LogP contribution < -0.4 is 15.6 Å². The van der Waals surface area contributed by atoms with Gasteiger partial charge in [-0.15, -0.1) is 0 Å². The lowest BCUT2D eigenvalue weighted by Crippen LogP contribution is -2.51. The zero-order chi connectivity index (χ0) is 23.0. The number of hydrogen-bond acceptors (Lipinski definition) is 4. The molecule has 6 heteroatoms. The van der Waals surface area contributed by atoms with Crippen LogP contribution in [0.1, 0.15) is 46.9 Å². The number of fused-ring (bicyclic) bond motifs is 1. The molecule has 1 fully saturated rings. The van der Waals surface area contributed by atoms with Crippen LogP contribution in [0.4, 0.5) is 0 Å². The Morgan fingerprint density at radius 1 is 1.09 bits per heavy atom. The number of likely N-dealkylation sites (tertiary alicyclic amines) is 1. The van der Waals surface area contributed by atoms with Crippen LogP contribution in [-0.2, 0) is 0 Å². The van der Waals surface area contributed by atoms with Crippen molar-refractivity contribution in [1.29, 1.82) is 0 Å². The molecule has 2 aliphatic rings. The number of benzene rings is 2. The number of hydrogen-bond donors (Lipinski definition) is 2. The quantitative estimate of drug-likeness (QED) is 0.640. The number of para-hydroxylation sites is 1. The number of H-pyrrole nitrogens is 1. The van der Waals surface area contributed by atoms with E-state index in [9.17, 15) is 9.59 Å². The highest BCUT2D eigenvalue weighted by Gasteiger charge is 2.43. The molecule has 1 atom stereocenters. The fourth-order valence-corrected chi connectivity index (χ4v) is 5.02. The van der Waals surface area contributed by atoms with Crippen LogP contribution >= 0.6 is 0 Å². The van der Waals surface area contributed by atoms with Crippen LogP contribution in [0.2, 0.25) is 0 Å². The van der Waals surface area contributed by atoms with Crippen LogP contribution in [0.3, 0.4) is 0 Å². The Labute approximate surface area is 193 Å². The van der Waals surface area contributed by atoms with E-state index in [2.05, 4.69) is 22.2 Å². The molecule has 0 bridgehead atoms. The predicted molar refractivity (Wildman–Crippen MR) is 129 cm³/mol. The number of amides is 1. The van der Waals surface area contributed by atoms with Gasteiger partial charge in [-0.1, -0.05) is 48.5 Å². The topological polar surface area (TPSA) is 74.4 Å². The lowest BCUT2D eigenvalue weighted by atomic mass is 9.80. The van der Waals surface area contributed by atoms with Gasteiger partial charge in [0.25, 0.3) is 11.5 Å². The van der Waals surface area contributed by atoms with Crippen LogP contribution in [0.5, 0.6) is 5.75 Å². The Bertz CT molecular complexity index is 1230. The minimum atomic E-state index is -0.376. The van der Waals surface area contributed by atoms with E-state index in [1.165, 1.54) is 0 Å². The lowest BCUT2D eigenvalue weighted by molar-refractivity contribution is -0.0195. The van der Waals surface area contributed by atoms with Crippen molar-refractivity contribution in [2.45, 2.75) is 37.8 Å². The van der Waals surface area contributed by atoms with Gasteiger partial charge in [-0.2, -0.15) is 0 Å². The van der Waals surface area contributed by atoms with Crippen molar-refractivity contribution < 1.29 is 9.53 Å². The normalized spacial score (nSPS) is 19.5. The Balaban J connectivity index is 1.46. The van der Waals surface area contributed by atoms with E-state index in [1.54, 1.807) is 6.07 Å². The number of nitrogens with zero attached hydrogens (tertiary/aromatic N) is 1. The second-order valence-electron chi connectivity index (χ2n) is 9.27. The van der Waals surface area contributed by atoms with E-state index in [0.29, 0.717) is 6.42 Å². The molecule has 0 saturated carbocycles. The molecule has 0 radical (unpaired) electrons. The Hall–Kier alpha value is -3.38. The van der Waals surface area contributed by atoms with Gasteiger partial charge in [-0.25, -0.2) is 0 Å². The molecular formula is C27H29N3O3. The summed E-state index contributed by atoms with van der Waals surface area (Å²) in [6.45, 7) is 3.77. The van der Waals surface area contributed by atoms with Gasteiger partial charge >= 0.3 is 0 Å². The zero-order valence-electron chi connectivity index (χ0n) is 19.1. The van der Waals surface area contributed by atoms with E-state index in [0.717, 1.165) is 54.1 Å². The fraction of sp³-hybridized carbons (Fsp3) is 0.333. The Morgan fingerprint density at radius 2 is 1.79 bits per heavy atom. The van der Waals surface area contributed by atoms with Gasteiger partial charge < -0.3 is 19.9 Å². The summed E-state index contributed by atoms with van der Waals surface area (Å²) in [5, 5.41) is 3.16. The number of rotatable bonds is 3. The summed E-state index contributed by atoms with van der Waals surface area (Å²) in [4.78, 5) is 31.3. The summed E-state index contributed by atoms with van der Waals surface area (Å²) in [6, 6.07) is 19.2. The Morgan fingerprint density at radius 3 is 2.55 bits per heavy atom. The van der Waals surface area contributed by atoms with Crippen molar-refractivity contribution in [3.8, 4) is 16.9 Å². The first-order valence-corrected chi connectivity index (χ1v) is 11.5. The van der Waals surface area contributed by atoms with Crippen molar-refractivity contribution in [3.05, 3.63) is 87.8 Å². The molecule has 1 saturated heterocycles. The van der Waals surface area contributed by atoms with Crippen molar-refractivity contribution >= 4 is 5.91 Å². The first-order chi connectivity index (χ1) is 15.9. The number of carbonyl (C=O) groups is 1. The maximum absolute atomic E-state index is 13.4. The molecule has 1 aromatic heterocycles. The molecule has 2 aliphatic heterocycles. The molecule has 3 aromatic rings. The van der Waals surface area contributed by atoms with Gasteiger partial charge in [-0.05, 0) is 44.5 Å². The maximum atomic E-state index is 13.4. The number of carbonyl (C=O) groups excluding carboxylic acids is 1. The monoisotopic (exact) mass is 443 g/mol. The smallest absolute Gasteiger partial charge is 0.261 e. The van der Waals surface area contributed by atoms with Gasteiger partial charge in [0.1, 0.15) is 16.9 Å². The molecule has 6 nitrogen and oxygen atoms in total. The summed E-state index contributed by atoms with van der Waals surface area (Å²) in [7, 11) is 2.12. The number of aromatic amines is 1. The molecular weight excluding hydrogens is 414 g/mol. The van der Waals surface area contributed by atoms with Crippen LogP contribution in [0, 0.1) is 6.92 Å². The predicted octanol–water partition coefficient (Wildman–Crippen LogP) is 4.07. The number of pyridine rings is 1. The third kappa shape index (κ3) is 4.18. The molecule has 2 aromatic carbocycles. The fourth-order valence-electron chi connectivity index (χ4n) is 5.02. The average Bonchev–Trinajstić information content (AvgIpc) is 2.82. The lowest BCUT2D eigenvalue weighted by Gasteiger charge is -2.46. The van der Waals surface area contributed by atoms with E-state index < -0.39 is 0 Å². The molecule has 1 spiro atoms. The highest BCUT2D eigenvalue weighted by Crippen LogP contribution is 2.44. The molecule has 0 aliphatic carbocycles. The van der Waals surface area contributed by atoms with Crippen molar-refractivity contribution in [2.24, 2.45) is 0 Å². The summed E-state index contributed by atoms with van der Waals surface area (Å²) in [5.41, 5.74) is 2.96. The van der Waals surface area contributed by atoms with Crippen molar-refractivity contribution in [3.63, 3.8) is 0 Å².